The van der Waals surface area contributed by atoms with Gasteiger partial charge >= 0.3 is 0 Å². The van der Waals surface area contributed by atoms with Crippen molar-refractivity contribution in [3.63, 3.8) is 0 Å². The lowest BCUT2D eigenvalue weighted by Crippen LogP contribution is -2.12. The van der Waals surface area contributed by atoms with Gasteiger partial charge in [0.15, 0.2) is 5.78 Å². The van der Waals surface area contributed by atoms with Crippen LogP contribution in [0.3, 0.4) is 0 Å². The molecule has 3 N–H and O–H groups in total. The molecule has 0 aromatic rings. The van der Waals surface area contributed by atoms with Crippen LogP contribution in [0.5, 0.6) is 0 Å². The summed E-state index contributed by atoms with van der Waals surface area (Å²) in [7, 11) is 0. The average Bonchev–Trinajstić information content (AvgIpc) is 1.67. The first-order valence-corrected chi connectivity index (χ1v) is 2.28. The van der Waals surface area contributed by atoms with Crippen molar-refractivity contribution < 1.29 is 9.90 Å². The van der Waals surface area contributed by atoms with E-state index in [1.54, 1.807) is 0 Å². The van der Waals surface area contributed by atoms with Gasteiger partial charge in [-0.3, -0.25) is 4.79 Å². The summed E-state index contributed by atoms with van der Waals surface area (Å²) in [4.78, 5) is 10.3. The molecule has 1 atom stereocenters. The highest BCUT2D eigenvalue weighted by atomic mass is 16.3. The summed E-state index contributed by atoms with van der Waals surface area (Å²) >= 11 is 0. The van der Waals surface area contributed by atoms with Crippen molar-refractivity contribution in [3.05, 3.63) is 12.3 Å². The average molecular weight is 115 g/mol. The molecule has 0 aromatic carbocycles. The van der Waals surface area contributed by atoms with Gasteiger partial charge < -0.3 is 10.8 Å². The fraction of sp³-hybridized carbons (Fsp3) is 0.400. The first-order valence-electron chi connectivity index (χ1n) is 2.28. The number of carbonyl (C=O) groups is 1. The van der Waals surface area contributed by atoms with Crippen LogP contribution in [0, 0.1) is 0 Å². The lowest BCUT2D eigenvalue weighted by Gasteiger charge is -1.93. The summed E-state index contributed by atoms with van der Waals surface area (Å²) in [5.41, 5.74) is 4.85. The summed E-state index contributed by atoms with van der Waals surface area (Å²) in [6.07, 6.45) is 1.30. The van der Waals surface area contributed by atoms with Crippen molar-refractivity contribution in [1.82, 2.24) is 0 Å². The van der Waals surface area contributed by atoms with Crippen LogP contribution in [0.25, 0.3) is 0 Å². The Morgan fingerprint density at radius 3 is 2.50 bits per heavy atom. The molecule has 0 spiro atoms. The van der Waals surface area contributed by atoms with Gasteiger partial charge in [-0.25, -0.2) is 0 Å². The van der Waals surface area contributed by atoms with Gasteiger partial charge in [-0.15, -0.1) is 0 Å². The van der Waals surface area contributed by atoms with Gasteiger partial charge in [0, 0.05) is 0 Å². The normalized spacial score (nSPS) is 14.2. The zero-order chi connectivity index (χ0) is 6.57. The van der Waals surface area contributed by atoms with Crippen LogP contribution in [0.4, 0.5) is 0 Å². The molecule has 1 unspecified atom stereocenters. The van der Waals surface area contributed by atoms with Crippen molar-refractivity contribution in [2.75, 3.05) is 0 Å². The largest absolute Gasteiger partial charge is 0.404 e. The van der Waals surface area contributed by atoms with Crippen LogP contribution in [0.2, 0.25) is 0 Å². The van der Waals surface area contributed by atoms with E-state index in [0.29, 0.717) is 0 Å². The van der Waals surface area contributed by atoms with Gasteiger partial charge in [0.25, 0.3) is 0 Å². The van der Waals surface area contributed by atoms with Crippen LogP contribution in [0.1, 0.15) is 6.92 Å². The molecule has 3 heteroatoms. The van der Waals surface area contributed by atoms with E-state index in [4.69, 9.17) is 10.8 Å². The van der Waals surface area contributed by atoms with E-state index in [0.717, 1.165) is 12.3 Å². The Morgan fingerprint density at radius 1 is 1.88 bits per heavy atom. The molecule has 46 valence electrons. The molecule has 0 saturated carbocycles. The number of ketones is 1. The van der Waals surface area contributed by atoms with Crippen LogP contribution in [-0.4, -0.2) is 17.0 Å². The molecule has 0 bridgehead atoms. The molecule has 0 fully saturated rings. The quantitative estimate of drug-likeness (QED) is 0.473. The number of aliphatic hydroxyl groups excluding tert-OH is 1. The number of rotatable bonds is 2. The molecule has 0 heterocycles. The predicted molar refractivity (Wildman–Crippen MR) is 30.0 cm³/mol. The zero-order valence-corrected chi connectivity index (χ0v) is 4.66. The predicted octanol–water partition coefficient (Wildman–Crippen LogP) is -0.591. The highest BCUT2D eigenvalue weighted by molar-refractivity contribution is 5.92. The highest BCUT2D eigenvalue weighted by Gasteiger charge is 2.01. The van der Waals surface area contributed by atoms with E-state index < -0.39 is 6.10 Å². The Hall–Kier alpha value is -0.830. The summed E-state index contributed by atoms with van der Waals surface area (Å²) in [5, 5.41) is 8.50. The third kappa shape index (κ3) is 2.36. The Bertz CT molecular complexity index is 107. The smallest absolute Gasteiger partial charge is 0.185 e. The Labute approximate surface area is 47.8 Å². The van der Waals surface area contributed by atoms with Gasteiger partial charge in [0.05, 0.1) is 0 Å². The molecule has 0 aromatic heterocycles. The monoisotopic (exact) mass is 115 g/mol. The standard InChI is InChI=1S/C5H9NO2/c1-4(7)5(8)2-3-6/h2-4,7H,6H2,1H3. The van der Waals surface area contributed by atoms with E-state index in [1.807, 2.05) is 0 Å². The second-order valence-corrected chi connectivity index (χ2v) is 1.44. The van der Waals surface area contributed by atoms with Crippen LogP contribution in [-0.2, 0) is 4.79 Å². The number of hydrogen-bond donors (Lipinski definition) is 2. The fourth-order valence-electron chi connectivity index (χ4n) is 0.234. The maximum absolute atomic E-state index is 10.3. The van der Waals surface area contributed by atoms with Crippen LogP contribution >= 0.6 is 0 Å². The second kappa shape index (κ2) is 3.21. The maximum Gasteiger partial charge on any atom is 0.185 e. The van der Waals surface area contributed by atoms with Gasteiger partial charge in [0.2, 0.25) is 0 Å². The Balaban J connectivity index is 3.66. The van der Waals surface area contributed by atoms with E-state index >= 15 is 0 Å². The highest BCUT2D eigenvalue weighted by Crippen LogP contribution is 1.82. The molecule has 0 aliphatic carbocycles. The summed E-state index contributed by atoms with van der Waals surface area (Å²) < 4.78 is 0. The molecular weight excluding hydrogens is 106 g/mol. The van der Waals surface area contributed by atoms with Gasteiger partial charge in [-0.2, -0.15) is 0 Å². The lowest BCUT2D eigenvalue weighted by molar-refractivity contribution is -0.121. The maximum atomic E-state index is 10.3. The van der Waals surface area contributed by atoms with E-state index in [1.165, 1.54) is 6.92 Å². The molecule has 8 heavy (non-hydrogen) atoms. The Morgan fingerprint density at radius 2 is 2.38 bits per heavy atom. The fourth-order valence-corrected chi connectivity index (χ4v) is 0.234. The SMILES string of the molecule is CC(O)C(=O)C=CN. The van der Waals surface area contributed by atoms with E-state index in [2.05, 4.69) is 0 Å². The molecule has 3 nitrogen and oxygen atoms in total. The number of hydrogen-bond acceptors (Lipinski definition) is 3. The first-order chi connectivity index (χ1) is 3.68. The summed E-state index contributed by atoms with van der Waals surface area (Å²) in [6, 6.07) is 0. The second-order valence-electron chi connectivity index (χ2n) is 1.44. The molecule has 0 radical (unpaired) electrons. The molecular formula is C5H9NO2. The van der Waals surface area contributed by atoms with Crippen LogP contribution < -0.4 is 5.73 Å². The van der Waals surface area contributed by atoms with Crippen molar-refractivity contribution in [2.45, 2.75) is 13.0 Å². The third-order valence-electron chi connectivity index (χ3n) is 0.672. The van der Waals surface area contributed by atoms with Gasteiger partial charge in [-0.05, 0) is 19.2 Å². The third-order valence-corrected chi connectivity index (χ3v) is 0.672. The van der Waals surface area contributed by atoms with Crippen molar-refractivity contribution in [3.8, 4) is 0 Å². The Kier molecular flexibility index (Phi) is 2.88. The van der Waals surface area contributed by atoms with E-state index in [-0.39, 0.29) is 5.78 Å². The topological polar surface area (TPSA) is 63.3 Å². The summed E-state index contributed by atoms with van der Waals surface area (Å²) in [5.74, 6) is -0.368. The van der Waals surface area contributed by atoms with E-state index in [9.17, 15) is 4.79 Å². The first kappa shape index (κ1) is 7.17. The summed E-state index contributed by atoms with van der Waals surface area (Å²) in [6.45, 7) is 1.39. The lowest BCUT2D eigenvalue weighted by atomic mass is 10.2. The van der Waals surface area contributed by atoms with Gasteiger partial charge in [0.1, 0.15) is 6.10 Å². The molecule has 0 rings (SSSR count). The molecule has 0 aliphatic heterocycles. The minimum Gasteiger partial charge on any atom is -0.404 e. The van der Waals surface area contributed by atoms with Crippen molar-refractivity contribution >= 4 is 5.78 Å². The van der Waals surface area contributed by atoms with Crippen molar-refractivity contribution in [1.29, 1.82) is 0 Å². The molecule has 0 aliphatic rings. The number of carbonyl (C=O) groups excluding carboxylic acids is 1. The molecule has 0 saturated heterocycles. The van der Waals surface area contributed by atoms with Gasteiger partial charge in [-0.1, -0.05) is 0 Å². The minimum atomic E-state index is -0.935. The number of nitrogens with two attached hydrogens (primary N) is 1. The zero-order valence-electron chi connectivity index (χ0n) is 4.66. The van der Waals surface area contributed by atoms with Crippen LogP contribution in [0.15, 0.2) is 12.3 Å². The molecule has 0 amide bonds. The minimum absolute atomic E-state index is 0.368. The number of aliphatic hydroxyl groups is 1. The van der Waals surface area contributed by atoms with Crippen molar-refractivity contribution in [2.24, 2.45) is 5.73 Å².